The molecule has 0 bridgehead atoms. The molecular formula is C11H12N2O4. The zero-order valence-corrected chi connectivity index (χ0v) is 9.04. The third-order valence-corrected chi connectivity index (χ3v) is 2.70. The van der Waals surface area contributed by atoms with Crippen LogP contribution in [-0.4, -0.2) is 33.6 Å². The Morgan fingerprint density at radius 3 is 2.88 bits per heavy atom. The van der Waals surface area contributed by atoms with E-state index in [9.17, 15) is 9.59 Å². The lowest BCUT2D eigenvalue weighted by Crippen LogP contribution is -2.26. The van der Waals surface area contributed by atoms with Crippen LogP contribution in [0.3, 0.4) is 0 Å². The first kappa shape index (κ1) is 11.5. The Balaban J connectivity index is 2.22. The van der Waals surface area contributed by atoms with E-state index in [0.717, 1.165) is 0 Å². The smallest absolute Gasteiger partial charge is 0.308 e. The van der Waals surface area contributed by atoms with Crippen LogP contribution in [-0.2, 0) is 16.2 Å². The van der Waals surface area contributed by atoms with Crippen LogP contribution < -0.4 is 4.90 Å². The predicted molar refractivity (Wildman–Crippen MR) is 58.3 cm³/mol. The van der Waals surface area contributed by atoms with Crippen molar-refractivity contribution in [2.24, 2.45) is 5.92 Å². The van der Waals surface area contributed by atoms with Gasteiger partial charge in [-0.15, -0.1) is 0 Å². The molecule has 2 rings (SSSR count). The number of carboxylic acids is 1. The van der Waals surface area contributed by atoms with Gasteiger partial charge in [-0.2, -0.15) is 0 Å². The first-order valence-electron chi connectivity index (χ1n) is 5.22. The Morgan fingerprint density at radius 1 is 1.53 bits per heavy atom. The maximum atomic E-state index is 11.6. The number of aliphatic hydroxyl groups excluding tert-OH is 1. The summed E-state index contributed by atoms with van der Waals surface area (Å²) in [6, 6.07) is 4.94. The van der Waals surface area contributed by atoms with Gasteiger partial charge in [-0.3, -0.25) is 14.5 Å². The summed E-state index contributed by atoms with van der Waals surface area (Å²) < 4.78 is 0. The minimum atomic E-state index is -0.973. The van der Waals surface area contributed by atoms with E-state index in [1.54, 1.807) is 18.2 Å². The van der Waals surface area contributed by atoms with Gasteiger partial charge >= 0.3 is 5.97 Å². The zero-order valence-electron chi connectivity index (χ0n) is 9.04. The average Bonchev–Trinajstić information content (AvgIpc) is 2.72. The molecule has 2 N–H and O–H groups in total. The summed E-state index contributed by atoms with van der Waals surface area (Å²) in [4.78, 5) is 27.9. The lowest BCUT2D eigenvalue weighted by atomic mass is 10.1. The van der Waals surface area contributed by atoms with Gasteiger partial charge in [0.25, 0.3) is 0 Å². The molecule has 1 unspecified atom stereocenters. The first-order valence-corrected chi connectivity index (χ1v) is 5.22. The van der Waals surface area contributed by atoms with Gasteiger partial charge < -0.3 is 10.2 Å². The predicted octanol–water partition coefficient (Wildman–Crippen LogP) is 0.0114. The molecule has 2 heterocycles. The van der Waals surface area contributed by atoms with E-state index in [4.69, 9.17) is 10.2 Å². The molecule has 1 aliphatic rings. The Hall–Kier alpha value is -1.95. The minimum absolute atomic E-state index is 0.000363. The number of aromatic nitrogens is 1. The standard InChI is InChI=1S/C11H12N2O4/c14-6-8-2-1-3-9(12-8)13-5-7(11(16)17)4-10(13)15/h1-3,7,14H,4-6H2,(H,16,17). The Labute approximate surface area is 97.5 Å². The van der Waals surface area contributed by atoms with Gasteiger partial charge in [0.2, 0.25) is 5.91 Å². The zero-order chi connectivity index (χ0) is 12.4. The van der Waals surface area contributed by atoms with Gasteiger partial charge in [-0.05, 0) is 12.1 Å². The quantitative estimate of drug-likeness (QED) is 0.771. The number of carbonyl (C=O) groups excluding carboxylic acids is 1. The van der Waals surface area contributed by atoms with Gasteiger partial charge in [0, 0.05) is 13.0 Å². The van der Waals surface area contributed by atoms with Gasteiger partial charge in [0.15, 0.2) is 0 Å². The van der Waals surface area contributed by atoms with Crippen molar-refractivity contribution in [1.29, 1.82) is 0 Å². The van der Waals surface area contributed by atoms with E-state index < -0.39 is 11.9 Å². The van der Waals surface area contributed by atoms with Gasteiger partial charge in [0.05, 0.1) is 18.2 Å². The Kier molecular flexibility index (Phi) is 3.06. The molecule has 0 aliphatic carbocycles. The Bertz CT molecular complexity index is 461. The van der Waals surface area contributed by atoms with Crippen LogP contribution in [0.2, 0.25) is 0 Å². The summed E-state index contributed by atoms with van der Waals surface area (Å²) in [6.45, 7) is -0.0751. The van der Waals surface area contributed by atoms with E-state index in [0.29, 0.717) is 11.5 Å². The number of nitrogens with zero attached hydrogens (tertiary/aromatic N) is 2. The molecule has 17 heavy (non-hydrogen) atoms. The number of anilines is 1. The fourth-order valence-electron chi connectivity index (χ4n) is 1.80. The number of rotatable bonds is 3. The summed E-state index contributed by atoms with van der Waals surface area (Å²) in [6.07, 6.45) is 0.000363. The highest BCUT2D eigenvalue weighted by Crippen LogP contribution is 2.23. The number of aliphatic carboxylic acids is 1. The molecule has 0 aromatic carbocycles. The first-order chi connectivity index (χ1) is 8.11. The van der Waals surface area contributed by atoms with Crippen LogP contribution in [0, 0.1) is 5.92 Å². The molecule has 1 amide bonds. The van der Waals surface area contributed by atoms with Crippen molar-refractivity contribution in [3.63, 3.8) is 0 Å². The highest BCUT2D eigenvalue weighted by molar-refractivity contribution is 5.98. The fraction of sp³-hybridized carbons (Fsp3) is 0.364. The van der Waals surface area contributed by atoms with Crippen LogP contribution >= 0.6 is 0 Å². The number of hydrogen-bond acceptors (Lipinski definition) is 4. The van der Waals surface area contributed by atoms with Crippen LogP contribution in [0.25, 0.3) is 0 Å². The van der Waals surface area contributed by atoms with Crippen LogP contribution in [0.4, 0.5) is 5.82 Å². The fourth-order valence-corrected chi connectivity index (χ4v) is 1.80. The summed E-state index contributed by atoms with van der Waals surface area (Å²) >= 11 is 0. The second-order valence-corrected chi connectivity index (χ2v) is 3.89. The normalized spacial score (nSPS) is 19.7. The molecular weight excluding hydrogens is 224 g/mol. The van der Waals surface area contributed by atoms with Crippen molar-refractivity contribution in [2.75, 3.05) is 11.4 Å². The van der Waals surface area contributed by atoms with E-state index in [1.807, 2.05) is 0 Å². The molecule has 90 valence electrons. The average molecular weight is 236 g/mol. The number of hydrogen-bond donors (Lipinski definition) is 2. The molecule has 0 radical (unpaired) electrons. The van der Waals surface area contributed by atoms with Crippen LogP contribution in [0.15, 0.2) is 18.2 Å². The highest BCUT2D eigenvalue weighted by Gasteiger charge is 2.35. The maximum Gasteiger partial charge on any atom is 0.308 e. The van der Waals surface area contributed by atoms with Crippen molar-refractivity contribution < 1.29 is 19.8 Å². The van der Waals surface area contributed by atoms with Crippen LogP contribution in [0.1, 0.15) is 12.1 Å². The Morgan fingerprint density at radius 2 is 2.29 bits per heavy atom. The third kappa shape index (κ3) is 2.26. The third-order valence-electron chi connectivity index (χ3n) is 2.70. The van der Waals surface area contributed by atoms with E-state index in [2.05, 4.69) is 4.98 Å². The number of pyridine rings is 1. The SMILES string of the molecule is O=C(O)C1CC(=O)N(c2cccc(CO)n2)C1. The molecule has 1 atom stereocenters. The lowest BCUT2D eigenvalue weighted by molar-refractivity contribution is -0.141. The second kappa shape index (κ2) is 4.50. The van der Waals surface area contributed by atoms with Crippen molar-refractivity contribution in [1.82, 2.24) is 4.98 Å². The molecule has 1 fully saturated rings. The number of carbonyl (C=O) groups is 2. The lowest BCUT2D eigenvalue weighted by Gasteiger charge is -2.15. The van der Waals surface area contributed by atoms with Crippen molar-refractivity contribution in [3.8, 4) is 0 Å². The molecule has 0 spiro atoms. The monoisotopic (exact) mass is 236 g/mol. The number of amides is 1. The highest BCUT2D eigenvalue weighted by atomic mass is 16.4. The summed E-state index contributed by atoms with van der Waals surface area (Å²) in [5.74, 6) is -1.51. The molecule has 0 saturated carbocycles. The molecule has 6 nitrogen and oxygen atoms in total. The molecule has 1 aromatic rings. The maximum absolute atomic E-state index is 11.6. The minimum Gasteiger partial charge on any atom is -0.481 e. The van der Waals surface area contributed by atoms with Crippen molar-refractivity contribution >= 4 is 17.7 Å². The van der Waals surface area contributed by atoms with Gasteiger partial charge in [-0.1, -0.05) is 6.07 Å². The van der Waals surface area contributed by atoms with E-state index in [1.165, 1.54) is 4.90 Å². The molecule has 1 aromatic heterocycles. The summed E-state index contributed by atoms with van der Waals surface area (Å²) in [5, 5.41) is 17.8. The van der Waals surface area contributed by atoms with Crippen LogP contribution in [0.5, 0.6) is 0 Å². The largest absolute Gasteiger partial charge is 0.481 e. The molecule has 1 aliphatic heterocycles. The summed E-state index contributed by atoms with van der Waals surface area (Å²) in [5.41, 5.74) is 0.453. The second-order valence-electron chi connectivity index (χ2n) is 3.89. The van der Waals surface area contributed by atoms with E-state index >= 15 is 0 Å². The van der Waals surface area contributed by atoms with Crippen molar-refractivity contribution in [2.45, 2.75) is 13.0 Å². The topological polar surface area (TPSA) is 90.7 Å². The van der Waals surface area contributed by atoms with Gasteiger partial charge in [-0.25, -0.2) is 4.98 Å². The number of carboxylic acid groups (broad SMARTS) is 1. The molecule has 6 heteroatoms. The summed E-state index contributed by atoms with van der Waals surface area (Å²) in [7, 11) is 0. The molecule has 1 saturated heterocycles. The van der Waals surface area contributed by atoms with E-state index in [-0.39, 0.29) is 25.5 Å². The van der Waals surface area contributed by atoms with Gasteiger partial charge in [0.1, 0.15) is 5.82 Å². The van der Waals surface area contributed by atoms with Crippen molar-refractivity contribution in [3.05, 3.63) is 23.9 Å². The number of aliphatic hydroxyl groups is 1.